The van der Waals surface area contributed by atoms with E-state index in [1.807, 2.05) is 30.3 Å². The number of esters is 1. The maximum Gasteiger partial charge on any atom is 0.308 e. The van der Waals surface area contributed by atoms with Gasteiger partial charge in [-0.3, -0.25) is 4.79 Å². The third kappa shape index (κ3) is 3.62. The van der Waals surface area contributed by atoms with Gasteiger partial charge in [-0.2, -0.15) is 0 Å². The Morgan fingerprint density at radius 3 is 2.62 bits per heavy atom. The lowest BCUT2D eigenvalue weighted by Gasteiger charge is -2.32. The predicted octanol–water partition coefficient (Wildman–Crippen LogP) is 2.60. The molecule has 6 nitrogen and oxygen atoms in total. The number of hydrogen-bond acceptors (Lipinski definition) is 7. The fraction of sp³-hybridized carbons (Fsp3) is 0.353. The highest BCUT2D eigenvalue weighted by atomic mass is 32.2. The number of rotatable bonds is 4. The van der Waals surface area contributed by atoms with Crippen molar-refractivity contribution in [2.24, 2.45) is 5.92 Å². The third-order valence-electron chi connectivity index (χ3n) is 4.11. The molecule has 2 aromatic rings. The van der Waals surface area contributed by atoms with Crippen molar-refractivity contribution in [2.45, 2.75) is 22.8 Å². The highest BCUT2D eigenvalue weighted by Crippen LogP contribution is 2.35. The van der Waals surface area contributed by atoms with Gasteiger partial charge in [-0.15, -0.1) is 0 Å². The molecule has 0 unspecified atom stereocenters. The summed E-state index contributed by atoms with van der Waals surface area (Å²) in [7, 11) is 1.43. The Labute approximate surface area is 145 Å². The Kier molecular flexibility index (Phi) is 5.20. The normalized spacial score (nSPS) is 15.3. The molecule has 2 N–H and O–H groups in total. The van der Waals surface area contributed by atoms with Crippen molar-refractivity contribution >= 4 is 29.2 Å². The third-order valence-corrected chi connectivity index (χ3v) is 5.14. The molecule has 1 saturated heterocycles. The van der Waals surface area contributed by atoms with Crippen LogP contribution in [0, 0.1) is 5.92 Å². The van der Waals surface area contributed by atoms with E-state index in [-0.39, 0.29) is 11.9 Å². The summed E-state index contributed by atoms with van der Waals surface area (Å²) in [5, 5.41) is 0.751. The number of nitrogen functional groups attached to an aromatic ring is 1. The predicted molar refractivity (Wildman–Crippen MR) is 94.0 cm³/mol. The average molecular weight is 344 g/mol. The summed E-state index contributed by atoms with van der Waals surface area (Å²) in [6.45, 7) is 1.47. The molecule has 0 bridgehead atoms. The van der Waals surface area contributed by atoms with Crippen LogP contribution in [0.4, 0.5) is 11.5 Å². The molecule has 126 valence electrons. The molecule has 2 heterocycles. The molecule has 0 saturated carbocycles. The van der Waals surface area contributed by atoms with Gasteiger partial charge in [0.25, 0.3) is 0 Å². The second kappa shape index (κ2) is 7.53. The molecule has 1 aromatic carbocycles. The smallest absolute Gasteiger partial charge is 0.308 e. The van der Waals surface area contributed by atoms with Crippen LogP contribution in [0.1, 0.15) is 12.8 Å². The van der Waals surface area contributed by atoms with Gasteiger partial charge in [0, 0.05) is 18.0 Å². The fourth-order valence-electron chi connectivity index (χ4n) is 2.80. The maximum atomic E-state index is 11.6. The summed E-state index contributed by atoms with van der Waals surface area (Å²) in [4.78, 5) is 23.5. The van der Waals surface area contributed by atoms with Gasteiger partial charge >= 0.3 is 5.97 Å². The monoisotopic (exact) mass is 344 g/mol. The zero-order chi connectivity index (χ0) is 16.9. The molecule has 0 amide bonds. The number of nitrogens with two attached hydrogens (primary N) is 1. The molecule has 1 aliphatic heterocycles. The van der Waals surface area contributed by atoms with Crippen molar-refractivity contribution < 1.29 is 9.53 Å². The van der Waals surface area contributed by atoms with Gasteiger partial charge in [-0.05, 0) is 25.0 Å². The number of hydrogen-bond donors (Lipinski definition) is 1. The lowest BCUT2D eigenvalue weighted by atomic mass is 9.97. The first-order chi connectivity index (χ1) is 11.7. The van der Waals surface area contributed by atoms with Crippen LogP contribution in [0.3, 0.4) is 0 Å². The summed E-state index contributed by atoms with van der Waals surface area (Å²) in [5.41, 5.74) is 6.89. The molecular formula is C17H20N4O2S. The van der Waals surface area contributed by atoms with Gasteiger partial charge in [-0.1, -0.05) is 30.0 Å². The molecular weight excluding hydrogens is 324 g/mol. The lowest BCUT2D eigenvalue weighted by molar-refractivity contribution is -0.146. The van der Waals surface area contributed by atoms with Crippen LogP contribution in [0.2, 0.25) is 0 Å². The number of carbonyl (C=O) groups is 1. The van der Waals surface area contributed by atoms with Crippen LogP contribution >= 0.6 is 11.8 Å². The van der Waals surface area contributed by atoms with Gasteiger partial charge in [-0.25, -0.2) is 9.97 Å². The SMILES string of the molecule is COC(=O)C1CCN(c2ncnc(Sc3ccccc3)c2N)CC1. The Hall–Kier alpha value is -2.28. The van der Waals surface area contributed by atoms with Crippen LogP contribution < -0.4 is 10.6 Å². The summed E-state index contributed by atoms with van der Waals surface area (Å²) in [6.07, 6.45) is 3.04. The van der Waals surface area contributed by atoms with Crippen LogP contribution in [-0.4, -0.2) is 36.1 Å². The van der Waals surface area contributed by atoms with E-state index < -0.39 is 0 Å². The second-order valence-electron chi connectivity index (χ2n) is 5.62. The molecule has 7 heteroatoms. The van der Waals surface area contributed by atoms with E-state index in [1.165, 1.54) is 18.9 Å². The number of aromatic nitrogens is 2. The number of anilines is 2. The number of piperidine rings is 1. The van der Waals surface area contributed by atoms with E-state index in [0.29, 0.717) is 5.69 Å². The zero-order valence-corrected chi connectivity index (χ0v) is 14.3. The Balaban J connectivity index is 1.73. The first-order valence-electron chi connectivity index (χ1n) is 7.85. The minimum atomic E-state index is -0.134. The second-order valence-corrected chi connectivity index (χ2v) is 6.68. The molecule has 1 fully saturated rings. The van der Waals surface area contributed by atoms with Crippen molar-refractivity contribution in [1.82, 2.24) is 9.97 Å². The molecule has 0 atom stereocenters. The summed E-state index contributed by atoms with van der Waals surface area (Å²) in [6, 6.07) is 9.99. The van der Waals surface area contributed by atoms with Crippen molar-refractivity contribution in [1.29, 1.82) is 0 Å². The molecule has 0 aliphatic carbocycles. The van der Waals surface area contributed by atoms with Crippen molar-refractivity contribution in [3.05, 3.63) is 36.7 Å². The minimum absolute atomic E-state index is 0.0347. The van der Waals surface area contributed by atoms with Gasteiger partial charge in [0.1, 0.15) is 17.0 Å². The van der Waals surface area contributed by atoms with Crippen LogP contribution in [0.25, 0.3) is 0 Å². The topological polar surface area (TPSA) is 81.3 Å². The molecule has 3 rings (SSSR count). The summed E-state index contributed by atoms with van der Waals surface area (Å²) in [5.74, 6) is 0.574. The molecule has 1 aliphatic rings. The molecule has 0 radical (unpaired) electrons. The highest BCUT2D eigenvalue weighted by molar-refractivity contribution is 7.99. The van der Waals surface area contributed by atoms with E-state index in [0.717, 1.165) is 41.7 Å². The van der Waals surface area contributed by atoms with Gasteiger partial charge in [0.2, 0.25) is 0 Å². The van der Waals surface area contributed by atoms with Gasteiger partial charge < -0.3 is 15.4 Å². The summed E-state index contributed by atoms with van der Waals surface area (Å²) < 4.78 is 4.83. The standard InChI is InChI=1S/C17H20N4O2S/c1-23-17(22)12-7-9-21(10-8-12)15-14(18)16(20-11-19-15)24-13-5-3-2-4-6-13/h2-6,11-12H,7-10,18H2,1H3. The van der Waals surface area contributed by atoms with Crippen LogP contribution in [-0.2, 0) is 9.53 Å². The van der Waals surface area contributed by atoms with Crippen molar-refractivity contribution in [2.75, 3.05) is 30.8 Å². The first kappa shape index (κ1) is 16.6. The van der Waals surface area contributed by atoms with Gasteiger partial charge in [0.05, 0.1) is 13.0 Å². The Bertz CT molecular complexity index is 703. The lowest BCUT2D eigenvalue weighted by Crippen LogP contribution is -2.37. The average Bonchev–Trinajstić information content (AvgIpc) is 2.64. The number of methoxy groups -OCH3 is 1. The largest absolute Gasteiger partial charge is 0.469 e. The van der Waals surface area contributed by atoms with Crippen molar-refractivity contribution in [3.8, 4) is 0 Å². The minimum Gasteiger partial charge on any atom is -0.469 e. The van der Waals surface area contributed by atoms with E-state index in [1.54, 1.807) is 6.33 Å². The van der Waals surface area contributed by atoms with Crippen LogP contribution in [0.5, 0.6) is 0 Å². The van der Waals surface area contributed by atoms with E-state index >= 15 is 0 Å². The van der Waals surface area contributed by atoms with Crippen LogP contribution in [0.15, 0.2) is 46.6 Å². The number of ether oxygens (including phenoxy) is 1. The number of nitrogens with zero attached hydrogens (tertiary/aromatic N) is 3. The Morgan fingerprint density at radius 1 is 1.25 bits per heavy atom. The molecule has 0 spiro atoms. The zero-order valence-electron chi connectivity index (χ0n) is 13.5. The quantitative estimate of drug-likeness (QED) is 0.674. The maximum absolute atomic E-state index is 11.6. The summed E-state index contributed by atoms with van der Waals surface area (Å²) >= 11 is 1.52. The van der Waals surface area contributed by atoms with E-state index in [2.05, 4.69) is 14.9 Å². The highest BCUT2D eigenvalue weighted by Gasteiger charge is 2.27. The molecule has 24 heavy (non-hydrogen) atoms. The van der Waals surface area contributed by atoms with Gasteiger partial charge in [0.15, 0.2) is 5.82 Å². The van der Waals surface area contributed by atoms with Crippen molar-refractivity contribution in [3.63, 3.8) is 0 Å². The number of benzene rings is 1. The van der Waals surface area contributed by atoms with E-state index in [9.17, 15) is 4.79 Å². The molecule has 1 aromatic heterocycles. The number of carbonyl (C=O) groups excluding carboxylic acids is 1. The fourth-order valence-corrected chi connectivity index (χ4v) is 3.62. The van der Waals surface area contributed by atoms with E-state index in [4.69, 9.17) is 10.5 Å². The Morgan fingerprint density at radius 2 is 1.96 bits per heavy atom. The first-order valence-corrected chi connectivity index (χ1v) is 8.67.